The topological polar surface area (TPSA) is 0 Å². The van der Waals surface area contributed by atoms with Gasteiger partial charge in [0.05, 0.1) is 11.0 Å². The van der Waals surface area contributed by atoms with Gasteiger partial charge in [-0.2, -0.15) is 0 Å². The first-order valence-electron chi connectivity index (χ1n) is 28.1. The molecule has 11 aromatic rings. The number of fused-ring (bicyclic) bond motifs is 4. The van der Waals surface area contributed by atoms with Crippen LogP contribution in [0.25, 0.3) is 76.8 Å². The van der Waals surface area contributed by atoms with Crippen molar-refractivity contribution in [1.82, 2.24) is 0 Å². The summed E-state index contributed by atoms with van der Waals surface area (Å²) in [5.74, 6) is 0. The maximum atomic E-state index is 10.2. The van der Waals surface area contributed by atoms with Crippen molar-refractivity contribution in [2.24, 2.45) is 0 Å². The number of rotatable bonds is 8. The second-order valence-electron chi connectivity index (χ2n) is 20.0. The Balaban J connectivity index is 1.32. The van der Waals surface area contributed by atoms with Crippen LogP contribution < -0.4 is 20.7 Å². The third-order valence-corrected chi connectivity index (χ3v) is 19.8. The van der Waals surface area contributed by atoms with Crippen LogP contribution in [0.15, 0.2) is 242 Å². The molecule has 0 N–H and O–H groups in total. The van der Waals surface area contributed by atoms with E-state index >= 15 is 0 Å². The molecule has 1 aliphatic rings. The zero-order valence-electron chi connectivity index (χ0n) is 47.4. The molecule has 12 rings (SSSR count). The molecule has 332 valence electrons. The maximum absolute atomic E-state index is 10.2. The summed E-state index contributed by atoms with van der Waals surface area (Å²) in [6.45, 7) is 9.14. The summed E-state index contributed by atoms with van der Waals surface area (Å²) in [6.07, 6.45) is 1.82. The van der Waals surface area contributed by atoms with Gasteiger partial charge in [0.25, 0.3) is 0 Å². The number of hydrogen-bond donors (Lipinski definition) is 0. The summed E-state index contributed by atoms with van der Waals surface area (Å²) < 4.78 is 79.2. The van der Waals surface area contributed by atoms with Gasteiger partial charge in [-0.05, 0) is 145 Å². The van der Waals surface area contributed by atoms with E-state index in [0.29, 0.717) is 21.9 Å². The van der Waals surface area contributed by atoms with E-state index < -0.39 is 20.2 Å². The first kappa shape index (κ1) is 34.7. The van der Waals surface area contributed by atoms with E-state index in [1.165, 1.54) is 5.56 Å². The van der Waals surface area contributed by atoms with Crippen LogP contribution in [0.1, 0.15) is 62.6 Å². The lowest BCUT2D eigenvalue weighted by molar-refractivity contribution is 0.333. The van der Waals surface area contributed by atoms with Gasteiger partial charge in [-0.25, -0.2) is 0 Å². The molecule has 0 radical (unpaired) electrons. The van der Waals surface area contributed by atoms with Crippen molar-refractivity contribution >= 4 is 61.1 Å². The SMILES string of the molecule is [2H]c1c([2H])c(-c2c3cc([Si](c4ccccc4)(c4ccccc4)c4ccccc4)ccc3c(-c3cc(-c4ccccc4)cc4c3C(C)(C)CCC4(C)C)c3c([2H])c([2H])c([2H])c([2H])c23)c([2H])c([2H])c1-c1ccc2ccccc2c1. The molecule has 0 heterocycles. The van der Waals surface area contributed by atoms with E-state index in [2.05, 4.69) is 143 Å². The monoisotopic (exact) mass is 908 g/mol. The Morgan fingerprint density at radius 2 is 0.899 bits per heavy atom. The Morgan fingerprint density at radius 3 is 1.52 bits per heavy atom. The van der Waals surface area contributed by atoms with Crippen molar-refractivity contribution in [3.8, 4) is 44.5 Å². The van der Waals surface area contributed by atoms with E-state index in [1.807, 2.05) is 78.9 Å². The zero-order chi connectivity index (χ0) is 53.7. The Morgan fingerprint density at radius 1 is 0.362 bits per heavy atom. The predicted octanol–water partition coefficient (Wildman–Crippen LogP) is 15.5. The lowest BCUT2D eigenvalue weighted by Crippen LogP contribution is -2.74. The van der Waals surface area contributed by atoms with E-state index in [1.54, 1.807) is 0 Å². The van der Waals surface area contributed by atoms with E-state index in [-0.39, 0.29) is 74.5 Å². The van der Waals surface area contributed by atoms with Crippen LogP contribution in [0.3, 0.4) is 0 Å². The van der Waals surface area contributed by atoms with E-state index in [9.17, 15) is 11.0 Å². The van der Waals surface area contributed by atoms with Crippen LogP contribution >= 0.6 is 0 Å². The molecule has 0 amide bonds. The second kappa shape index (κ2) is 16.9. The highest BCUT2D eigenvalue weighted by Gasteiger charge is 2.43. The molecule has 69 heavy (non-hydrogen) atoms. The third kappa shape index (κ3) is 7.18. The number of hydrogen-bond acceptors (Lipinski definition) is 0. The highest BCUT2D eigenvalue weighted by molar-refractivity contribution is 7.20. The molecule has 0 atom stereocenters. The van der Waals surface area contributed by atoms with Crippen molar-refractivity contribution < 1.29 is 11.0 Å². The summed E-state index contributed by atoms with van der Waals surface area (Å²) in [5.41, 5.74) is 6.09. The highest BCUT2D eigenvalue weighted by atomic mass is 28.3. The summed E-state index contributed by atoms with van der Waals surface area (Å²) in [7, 11) is -3.31. The average Bonchev–Trinajstić information content (AvgIpc) is 3.50. The summed E-state index contributed by atoms with van der Waals surface area (Å²) in [5, 5.41) is 7.90. The van der Waals surface area contributed by atoms with E-state index in [0.717, 1.165) is 66.6 Å². The molecule has 1 heteroatoms. The molecule has 0 fully saturated rings. The first-order valence-corrected chi connectivity index (χ1v) is 26.1. The van der Waals surface area contributed by atoms with Gasteiger partial charge in [-0.1, -0.05) is 258 Å². The molecule has 0 saturated heterocycles. The maximum Gasteiger partial charge on any atom is 0.179 e. The van der Waals surface area contributed by atoms with Crippen molar-refractivity contribution in [2.75, 3.05) is 0 Å². The molecule has 0 bridgehead atoms. The fourth-order valence-corrected chi connectivity index (χ4v) is 16.2. The first-order chi connectivity index (χ1) is 37.0. The van der Waals surface area contributed by atoms with Gasteiger partial charge in [-0.15, -0.1) is 0 Å². The zero-order valence-corrected chi connectivity index (χ0v) is 40.4. The average molecular weight is 909 g/mol. The Hall–Kier alpha value is -7.58. The van der Waals surface area contributed by atoms with Gasteiger partial charge in [0.2, 0.25) is 0 Å². The molecule has 1 aliphatic carbocycles. The molecule has 0 nitrogen and oxygen atoms in total. The quantitative estimate of drug-likeness (QED) is 0.0810. The summed E-state index contributed by atoms with van der Waals surface area (Å²) in [6, 6.07) is 64.0. The highest BCUT2D eigenvalue weighted by Crippen LogP contribution is 2.54. The van der Waals surface area contributed by atoms with Crippen LogP contribution in [0.4, 0.5) is 0 Å². The summed E-state index contributed by atoms with van der Waals surface area (Å²) in [4.78, 5) is 0. The fraction of sp³-hybridized carbons (Fsp3) is 0.118. The third-order valence-electron chi connectivity index (χ3n) is 15.0. The van der Waals surface area contributed by atoms with Gasteiger partial charge < -0.3 is 0 Å². The largest absolute Gasteiger partial charge is 0.179 e. The Bertz CT molecular complexity index is 4050. The van der Waals surface area contributed by atoms with Gasteiger partial charge in [0, 0.05) is 0 Å². The van der Waals surface area contributed by atoms with Crippen LogP contribution in [0, 0.1) is 0 Å². The van der Waals surface area contributed by atoms with Gasteiger partial charge in [0.1, 0.15) is 0 Å². The molecule has 0 saturated carbocycles. The molecule has 0 unspecified atom stereocenters. The minimum absolute atomic E-state index is 0.0267. The van der Waals surface area contributed by atoms with Crippen LogP contribution in [0.5, 0.6) is 0 Å². The fourth-order valence-electron chi connectivity index (χ4n) is 11.5. The summed E-state index contributed by atoms with van der Waals surface area (Å²) >= 11 is 0. The second-order valence-corrected chi connectivity index (χ2v) is 23.8. The Kier molecular flexibility index (Phi) is 8.48. The lowest BCUT2D eigenvalue weighted by atomic mass is 9.60. The number of benzene rings is 11. The molecular weight excluding hydrogens is 845 g/mol. The Labute approximate surface area is 419 Å². The predicted molar refractivity (Wildman–Crippen MR) is 300 cm³/mol. The molecular formula is C68H56Si. The van der Waals surface area contributed by atoms with Crippen molar-refractivity contribution in [3.05, 3.63) is 254 Å². The molecule has 0 spiro atoms. The normalized spacial score (nSPS) is 15.8. The van der Waals surface area contributed by atoms with Gasteiger partial charge >= 0.3 is 0 Å². The smallest absolute Gasteiger partial charge is 0.0623 e. The van der Waals surface area contributed by atoms with Crippen LogP contribution in [-0.2, 0) is 10.8 Å². The minimum atomic E-state index is -3.31. The standard InChI is InChI=1S/C68H56Si/c1-67(2)41-42-68(3,4)66-62(44-53(45-63(66)67)47-21-9-5-10-22-47)65-59-32-20-19-31-58(59)64(50-36-33-49(34-37-50)52-38-35-48-23-17-18-24-51(48)43-52)61-46-57(39-40-60(61)65)69(54-25-11-6-12-26-54,55-27-13-7-14-28-55)56-29-15-8-16-30-56/h5-40,43-46H,41-42H2,1-4H3/i19D,20D,31D,32D,33D,34D,36D,37D. The minimum Gasteiger partial charge on any atom is -0.0623 e. The van der Waals surface area contributed by atoms with Crippen LogP contribution in [-0.4, -0.2) is 8.07 Å². The van der Waals surface area contributed by atoms with Gasteiger partial charge in [0.15, 0.2) is 8.07 Å². The molecule has 0 aliphatic heterocycles. The van der Waals surface area contributed by atoms with Gasteiger partial charge in [-0.3, -0.25) is 0 Å². The molecule has 11 aromatic carbocycles. The van der Waals surface area contributed by atoms with Crippen molar-refractivity contribution in [2.45, 2.75) is 51.4 Å². The van der Waals surface area contributed by atoms with Crippen LogP contribution in [0.2, 0.25) is 0 Å². The van der Waals surface area contributed by atoms with E-state index in [4.69, 9.17) is 0 Å². The molecule has 0 aromatic heterocycles. The van der Waals surface area contributed by atoms with Crippen molar-refractivity contribution in [1.29, 1.82) is 0 Å². The lowest BCUT2D eigenvalue weighted by Gasteiger charge is -2.44. The van der Waals surface area contributed by atoms with Crippen molar-refractivity contribution in [3.63, 3.8) is 0 Å².